The summed E-state index contributed by atoms with van der Waals surface area (Å²) in [6.45, 7) is 6.91. The lowest BCUT2D eigenvalue weighted by Crippen LogP contribution is -2.38. The van der Waals surface area contributed by atoms with E-state index >= 15 is 0 Å². The zero-order chi connectivity index (χ0) is 10.0. The molecule has 1 unspecified atom stereocenters. The summed E-state index contributed by atoms with van der Waals surface area (Å²) in [6.07, 6.45) is 1.08. The summed E-state index contributed by atoms with van der Waals surface area (Å²) in [7, 11) is 1.96. The van der Waals surface area contributed by atoms with Crippen molar-refractivity contribution >= 4 is 5.91 Å². The second kappa shape index (κ2) is 4.09. The number of amides is 1. The van der Waals surface area contributed by atoms with Gasteiger partial charge in [0.25, 0.3) is 0 Å². The lowest BCUT2D eigenvalue weighted by atomic mass is 10.1. The molecule has 1 N–H and O–H groups in total. The molecule has 3 nitrogen and oxygen atoms in total. The van der Waals surface area contributed by atoms with E-state index in [4.69, 9.17) is 0 Å². The maximum absolute atomic E-state index is 11.7. The van der Waals surface area contributed by atoms with Gasteiger partial charge < -0.3 is 10.2 Å². The first-order chi connectivity index (χ1) is 6.06. The van der Waals surface area contributed by atoms with Crippen LogP contribution < -0.4 is 5.32 Å². The summed E-state index contributed by atoms with van der Waals surface area (Å²) < 4.78 is 0. The highest BCUT2D eigenvalue weighted by molar-refractivity contribution is 5.78. The molecule has 2 atom stereocenters. The Hall–Kier alpha value is -0.570. The van der Waals surface area contributed by atoms with E-state index in [0.717, 1.165) is 13.0 Å². The maximum atomic E-state index is 11.7. The molecule has 76 valence electrons. The van der Waals surface area contributed by atoms with Gasteiger partial charge in [-0.2, -0.15) is 0 Å². The average Bonchev–Trinajstić information content (AvgIpc) is 2.45. The minimum atomic E-state index is 0.123. The van der Waals surface area contributed by atoms with Crippen LogP contribution in [-0.2, 0) is 4.79 Å². The zero-order valence-electron chi connectivity index (χ0n) is 9.00. The molecule has 1 heterocycles. The number of nitrogens with zero attached hydrogens (tertiary/aromatic N) is 1. The first kappa shape index (κ1) is 10.5. The molecule has 0 spiro atoms. The Balaban J connectivity index is 2.57. The molecule has 3 heteroatoms. The minimum Gasteiger partial charge on any atom is -0.338 e. The van der Waals surface area contributed by atoms with E-state index < -0.39 is 0 Å². The Kier molecular flexibility index (Phi) is 3.31. The van der Waals surface area contributed by atoms with Gasteiger partial charge in [-0.15, -0.1) is 0 Å². The van der Waals surface area contributed by atoms with Crippen molar-refractivity contribution in [2.45, 2.75) is 39.3 Å². The summed E-state index contributed by atoms with van der Waals surface area (Å²) in [5.41, 5.74) is 0. The summed E-state index contributed by atoms with van der Waals surface area (Å²) in [4.78, 5) is 13.7. The van der Waals surface area contributed by atoms with Crippen molar-refractivity contribution in [3.8, 4) is 0 Å². The fraction of sp³-hybridized carbons (Fsp3) is 0.900. The normalized spacial score (nSPS) is 28.5. The quantitative estimate of drug-likeness (QED) is 0.690. The van der Waals surface area contributed by atoms with Crippen molar-refractivity contribution in [2.75, 3.05) is 13.6 Å². The molecule has 1 fully saturated rings. The predicted octanol–water partition coefficient (Wildman–Crippen LogP) is 0.851. The molecule has 0 saturated carbocycles. The van der Waals surface area contributed by atoms with Crippen LogP contribution in [0.5, 0.6) is 0 Å². The lowest BCUT2D eigenvalue weighted by molar-refractivity contribution is -0.135. The van der Waals surface area contributed by atoms with Crippen LogP contribution in [0.1, 0.15) is 27.2 Å². The second-order valence-corrected chi connectivity index (χ2v) is 4.22. The third-order valence-corrected chi connectivity index (χ3v) is 2.76. The van der Waals surface area contributed by atoms with E-state index in [2.05, 4.69) is 12.2 Å². The third-order valence-electron chi connectivity index (χ3n) is 2.76. The fourth-order valence-corrected chi connectivity index (χ4v) is 1.88. The van der Waals surface area contributed by atoms with E-state index in [-0.39, 0.29) is 11.8 Å². The number of hydrogen-bond donors (Lipinski definition) is 1. The van der Waals surface area contributed by atoms with Crippen LogP contribution in [0.25, 0.3) is 0 Å². The first-order valence-corrected chi connectivity index (χ1v) is 5.04. The van der Waals surface area contributed by atoms with Crippen molar-refractivity contribution in [3.63, 3.8) is 0 Å². The van der Waals surface area contributed by atoms with E-state index in [1.165, 1.54) is 0 Å². The van der Waals surface area contributed by atoms with Crippen LogP contribution in [0.2, 0.25) is 0 Å². The average molecular weight is 184 g/mol. The standard InChI is InChI=1S/C10H20N2O/c1-7(2)10(13)12-6-9(11-4)5-8(12)3/h7-9,11H,5-6H2,1-4H3/t8?,9-/m1/s1. The monoisotopic (exact) mass is 184 g/mol. The highest BCUT2D eigenvalue weighted by Gasteiger charge is 2.32. The summed E-state index contributed by atoms with van der Waals surface area (Å²) in [6, 6.07) is 0.880. The molecule has 0 radical (unpaired) electrons. The van der Waals surface area contributed by atoms with Gasteiger partial charge in [-0.25, -0.2) is 0 Å². The number of rotatable bonds is 2. The van der Waals surface area contributed by atoms with Crippen molar-refractivity contribution < 1.29 is 4.79 Å². The molecule has 1 amide bonds. The highest BCUT2D eigenvalue weighted by atomic mass is 16.2. The molecule has 1 aliphatic rings. The predicted molar refractivity (Wildman–Crippen MR) is 53.5 cm³/mol. The summed E-state index contributed by atoms with van der Waals surface area (Å²) >= 11 is 0. The zero-order valence-corrected chi connectivity index (χ0v) is 9.00. The molecule has 0 bridgehead atoms. The fourth-order valence-electron chi connectivity index (χ4n) is 1.88. The van der Waals surface area contributed by atoms with Gasteiger partial charge in [-0.05, 0) is 20.4 Å². The van der Waals surface area contributed by atoms with Gasteiger partial charge in [0.15, 0.2) is 0 Å². The molecule has 0 aromatic heterocycles. The minimum absolute atomic E-state index is 0.123. The van der Waals surface area contributed by atoms with Gasteiger partial charge in [-0.3, -0.25) is 4.79 Å². The van der Waals surface area contributed by atoms with E-state index in [1.54, 1.807) is 0 Å². The second-order valence-electron chi connectivity index (χ2n) is 4.22. The van der Waals surface area contributed by atoms with Gasteiger partial charge in [-0.1, -0.05) is 13.8 Å². The van der Waals surface area contributed by atoms with Gasteiger partial charge in [0.1, 0.15) is 0 Å². The van der Waals surface area contributed by atoms with E-state index in [9.17, 15) is 4.79 Å². The molecule has 1 aliphatic heterocycles. The number of carbonyl (C=O) groups is 1. The van der Waals surface area contributed by atoms with Crippen LogP contribution >= 0.6 is 0 Å². The first-order valence-electron chi connectivity index (χ1n) is 5.04. The largest absolute Gasteiger partial charge is 0.338 e. The number of hydrogen-bond acceptors (Lipinski definition) is 2. The Morgan fingerprint density at radius 1 is 1.54 bits per heavy atom. The molecule has 1 rings (SSSR count). The smallest absolute Gasteiger partial charge is 0.225 e. The Morgan fingerprint density at radius 3 is 2.54 bits per heavy atom. The van der Waals surface area contributed by atoms with Crippen LogP contribution in [0.3, 0.4) is 0 Å². The van der Waals surface area contributed by atoms with E-state index in [0.29, 0.717) is 12.1 Å². The van der Waals surface area contributed by atoms with Gasteiger partial charge >= 0.3 is 0 Å². The SMILES string of the molecule is CN[C@@H]1CC(C)N(C(=O)C(C)C)C1. The molecule has 0 aromatic carbocycles. The van der Waals surface area contributed by atoms with Gasteiger partial charge in [0, 0.05) is 24.5 Å². The molecule has 1 saturated heterocycles. The molecular formula is C10H20N2O. The van der Waals surface area contributed by atoms with Crippen molar-refractivity contribution in [2.24, 2.45) is 5.92 Å². The van der Waals surface area contributed by atoms with E-state index in [1.807, 2.05) is 25.8 Å². The number of nitrogens with one attached hydrogen (secondary N) is 1. The highest BCUT2D eigenvalue weighted by Crippen LogP contribution is 2.19. The number of likely N-dealkylation sites (N-methyl/N-ethyl adjacent to an activating group) is 1. The number of carbonyl (C=O) groups excluding carboxylic acids is 1. The summed E-state index contributed by atoms with van der Waals surface area (Å²) in [5.74, 6) is 0.406. The lowest BCUT2D eigenvalue weighted by Gasteiger charge is -2.23. The Labute approximate surface area is 80.5 Å². The van der Waals surface area contributed by atoms with Crippen molar-refractivity contribution in [1.29, 1.82) is 0 Å². The van der Waals surface area contributed by atoms with Crippen LogP contribution in [-0.4, -0.2) is 36.5 Å². The molecular weight excluding hydrogens is 164 g/mol. The van der Waals surface area contributed by atoms with Crippen molar-refractivity contribution in [1.82, 2.24) is 10.2 Å². The third kappa shape index (κ3) is 2.21. The molecule has 0 aromatic rings. The topological polar surface area (TPSA) is 32.3 Å². The maximum Gasteiger partial charge on any atom is 0.225 e. The van der Waals surface area contributed by atoms with Gasteiger partial charge in [0.2, 0.25) is 5.91 Å². The van der Waals surface area contributed by atoms with Crippen LogP contribution in [0.15, 0.2) is 0 Å². The van der Waals surface area contributed by atoms with Gasteiger partial charge in [0.05, 0.1) is 0 Å². The van der Waals surface area contributed by atoms with Crippen LogP contribution in [0.4, 0.5) is 0 Å². The van der Waals surface area contributed by atoms with Crippen molar-refractivity contribution in [3.05, 3.63) is 0 Å². The Morgan fingerprint density at radius 2 is 2.15 bits per heavy atom. The van der Waals surface area contributed by atoms with Crippen LogP contribution in [0, 0.1) is 5.92 Å². The summed E-state index contributed by atoms with van der Waals surface area (Å²) in [5, 5.41) is 3.22. The number of likely N-dealkylation sites (tertiary alicyclic amines) is 1. The molecule has 0 aliphatic carbocycles. The molecule has 13 heavy (non-hydrogen) atoms. The Bertz CT molecular complexity index is 191.